The predicted molar refractivity (Wildman–Crippen MR) is 121 cm³/mol. The van der Waals surface area contributed by atoms with Gasteiger partial charge in [0.05, 0.1) is 6.04 Å². The Morgan fingerprint density at radius 3 is 2.09 bits per heavy atom. The summed E-state index contributed by atoms with van der Waals surface area (Å²) in [5.41, 5.74) is 10.9. The second-order valence-corrected chi connectivity index (χ2v) is 8.21. The Balaban J connectivity index is 2.93. The van der Waals surface area contributed by atoms with Gasteiger partial charge in [0.1, 0.15) is 12.1 Å². The van der Waals surface area contributed by atoms with Gasteiger partial charge in [0.15, 0.2) is 0 Å². The molecular weight excluding hydrogens is 414 g/mol. The number of amides is 3. The number of nitrogens with two attached hydrogens (primary N) is 2. The number of hydrogen-bond donors (Lipinski definition) is 6. The Labute approximate surface area is 189 Å². The zero-order valence-corrected chi connectivity index (χ0v) is 19.0. The normalized spacial score (nSPS) is 21.2. The lowest BCUT2D eigenvalue weighted by molar-refractivity contribution is -0.142. The van der Waals surface area contributed by atoms with Crippen molar-refractivity contribution >= 4 is 23.7 Å². The van der Waals surface area contributed by atoms with Gasteiger partial charge in [0, 0.05) is 12.5 Å². The van der Waals surface area contributed by atoms with E-state index in [1.165, 1.54) is 0 Å². The van der Waals surface area contributed by atoms with E-state index in [4.69, 9.17) is 11.5 Å². The maximum atomic E-state index is 12.9. The molecule has 3 amide bonds. The summed E-state index contributed by atoms with van der Waals surface area (Å²) in [5, 5.41) is 17.6. The number of primary amides is 1. The van der Waals surface area contributed by atoms with Crippen molar-refractivity contribution in [1.82, 2.24) is 16.0 Å². The SMILES string of the molecule is CCC(C)C(NC)C(=O)NC(CCC1C=CC(N)C=C1)C(=O)NC(CCC(N)=O)C(=O)O. The van der Waals surface area contributed by atoms with E-state index in [9.17, 15) is 24.3 Å². The zero-order chi connectivity index (χ0) is 24.3. The molecule has 0 fully saturated rings. The highest BCUT2D eigenvalue weighted by Gasteiger charge is 2.30. The summed E-state index contributed by atoms with van der Waals surface area (Å²) in [5.74, 6) is -2.78. The Hall–Kier alpha value is -2.72. The first-order valence-corrected chi connectivity index (χ1v) is 11.0. The van der Waals surface area contributed by atoms with Crippen molar-refractivity contribution in [1.29, 1.82) is 0 Å². The molecule has 32 heavy (non-hydrogen) atoms. The van der Waals surface area contributed by atoms with Crippen LogP contribution in [0.3, 0.4) is 0 Å². The molecule has 0 saturated carbocycles. The molecule has 4 unspecified atom stereocenters. The molecule has 0 spiro atoms. The highest BCUT2D eigenvalue weighted by molar-refractivity contribution is 5.92. The number of hydrogen-bond acceptors (Lipinski definition) is 6. The largest absolute Gasteiger partial charge is 0.480 e. The van der Waals surface area contributed by atoms with Crippen molar-refractivity contribution in [3.63, 3.8) is 0 Å². The number of carbonyl (C=O) groups excluding carboxylic acids is 3. The number of nitrogens with one attached hydrogen (secondary N) is 3. The van der Waals surface area contributed by atoms with Gasteiger partial charge in [-0.15, -0.1) is 0 Å². The van der Waals surface area contributed by atoms with Crippen LogP contribution >= 0.6 is 0 Å². The molecule has 0 bridgehead atoms. The Kier molecular flexibility index (Phi) is 11.6. The van der Waals surface area contributed by atoms with Crippen LogP contribution in [0.25, 0.3) is 0 Å². The first-order chi connectivity index (χ1) is 15.1. The molecular formula is C22H37N5O5. The summed E-state index contributed by atoms with van der Waals surface area (Å²) in [4.78, 5) is 48.3. The molecule has 0 aliphatic heterocycles. The van der Waals surface area contributed by atoms with Crippen molar-refractivity contribution < 1.29 is 24.3 Å². The Morgan fingerprint density at radius 1 is 1.00 bits per heavy atom. The van der Waals surface area contributed by atoms with Gasteiger partial charge < -0.3 is 32.5 Å². The van der Waals surface area contributed by atoms with E-state index in [0.717, 1.165) is 6.42 Å². The summed E-state index contributed by atoms with van der Waals surface area (Å²) in [6.45, 7) is 3.90. The molecule has 0 saturated heterocycles. The predicted octanol–water partition coefficient (Wildman–Crippen LogP) is -0.210. The minimum Gasteiger partial charge on any atom is -0.480 e. The van der Waals surface area contributed by atoms with Crippen LogP contribution in [-0.4, -0.2) is 60.0 Å². The van der Waals surface area contributed by atoms with Gasteiger partial charge in [-0.1, -0.05) is 44.6 Å². The van der Waals surface area contributed by atoms with E-state index >= 15 is 0 Å². The molecule has 1 aliphatic carbocycles. The molecule has 1 aliphatic rings. The van der Waals surface area contributed by atoms with E-state index in [1.54, 1.807) is 7.05 Å². The fourth-order valence-corrected chi connectivity index (χ4v) is 3.48. The first kappa shape index (κ1) is 27.3. The van der Waals surface area contributed by atoms with Crippen molar-refractivity contribution in [3.05, 3.63) is 24.3 Å². The second kappa shape index (κ2) is 13.6. The molecule has 0 aromatic carbocycles. The summed E-state index contributed by atoms with van der Waals surface area (Å²) in [6.07, 6.45) is 8.94. The maximum Gasteiger partial charge on any atom is 0.326 e. The molecule has 8 N–H and O–H groups in total. The fraction of sp³-hybridized carbons (Fsp3) is 0.636. The molecule has 4 atom stereocenters. The first-order valence-electron chi connectivity index (χ1n) is 11.0. The van der Waals surface area contributed by atoms with Crippen LogP contribution in [0, 0.1) is 11.8 Å². The van der Waals surface area contributed by atoms with E-state index in [1.807, 2.05) is 38.2 Å². The molecule has 10 heteroatoms. The fourth-order valence-electron chi connectivity index (χ4n) is 3.48. The lowest BCUT2D eigenvalue weighted by atomic mass is 9.93. The number of aliphatic carboxylic acids is 1. The monoisotopic (exact) mass is 451 g/mol. The van der Waals surface area contributed by atoms with Crippen LogP contribution in [0.15, 0.2) is 24.3 Å². The van der Waals surface area contributed by atoms with Gasteiger partial charge >= 0.3 is 5.97 Å². The minimum atomic E-state index is -1.28. The van der Waals surface area contributed by atoms with Gasteiger partial charge in [-0.05, 0) is 38.1 Å². The van der Waals surface area contributed by atoms with Crippen LogP contribution in [0.4, 0.5) is 0 Å². The van der Waals surface area contributed by atoms with Crippen molar-refractivity contribution in [2.45, 2.75) is 70.1 Å². The molecule has 0 aromatic heterocycles. The van der Waals surface area contributed by atoms with E-state index in [-0.39, 0.29) is 36.6 Å². The van der Waals surface area contributed by atoms with Crippen LogP contribution in [0.2, 0.25) is 0 Å². The van der Waals surface area contributed by atoms with E-state index < -0.39 is 35.9 Å². The molecule has 1 rings (SSSR count). The summed E-state index contributed by atoms with van der Waals surface area (Å²) >= 11 is 0. The zero-order valence-electron chi connectivity index (χ0n) is 19.0. The van der Waals surface area contributed by atoms with Gasteiger partial charge in [-0.2, -0.15) is 0 Å². The number of carboxylic acid groups (broad SMARTS) is 1. The highest BCUT2D eigenvalue weighted by atomic mass is 16.4. The van der Waals surface area contributed by atoms with Gasteiger partial charge in [-0.3, -0.25) is 14.4 Å². The summed E-state index contributed by atoms with van der Waals surface area (Å²) in [7, 11) is 1.68. The van der Waals surface area contributed by atoms with Gasteiger partial charge in [0.25, 0.3) is 0 Å². The topological polar surface area (TPSA) is 177 Å². The molecule has 180 valence electrons. The quantitative estimate of drug-likeness (QED) is 0.198. The highest BCUT2D eigenvalue weighted by Crippen LogP contribution is 2.17. The van der Waals surface area contributed by atoms with Crippen molar-refractivity contribution in [2.75, 3.05) is 7.05 Å². The van der Waals surface area contributed by atoms with Crippen molar-refractivity contribution in [2.24, 2.45) is 23.3 Å². The van der Waals surface area contributed by atoms with E-state index in [0.29, 0.717) is 12.8 Å². The number of carbonyl (C=O) groups is 4. The molecule has 0 radical (unpaired) electrons. The van der Waals surface area contributed by atoms with Crippen LogP contribution in [-0.2, 0) is 19.2 Å². The second-order valence-electron chi connectivity index (χ2n) is 8.21. The third-order valence-corrected chi connectivity index (χ3v) is 5.68. The standard InChI is InChI=1S/C22H37N5O5/c1-4-13(2)19(25-3)21(30)26-16(10-7-14-5-8-15(23)9-6-14)20(29)27-17(22(31)32)11-12-18(24)28/h5-6,8-9,13-17,19,25H,4,7,10-12,23H2,1-3H3,(H2,24,28)(H,26,30)(H,27,29)(H,31,32). The average molecular weight is 452 g/mol. The third kappa shape index (κ3) is 9.19. The summed E-state index contributed by atoms with van der Waals surface area (Å²) < 4.78 is 0. The van der Waals surface area contributed by atoms with E-state index in [2.05, 4.69) is 16.0 Å². The summed E-state index contributed by atoms with van der Waals surface area (Å²) in [6, 6.07) is -2.85. The third-order valence-electron chi connectivity index (χ3n) is 5.68. The van der Waals surface area contributed by atoms with Gasteiger partial charge in [0.2, 0.25) is 17.7 Å². The average Bonchev–Trinajstić information content (AvgIpc) is 2.74. The number of likely N-dealkylation sites (N-methyl/N-ethyl adjacent to an activating group) is 1. The minimum absolute atomic E-state index is 0.0387. The van der Waals surface area contributed by atoms with Gasteiger partial charge in [-0.25, -0.2) is 4.79 Å². The number of carboxylic acids is 1. The lowest BCUT2D eigenvalue weighted by Crippen LogP contribution is -2.56. The smallest absolute Gasteiger partial charge is 0.326 e. The van der Waals surface area contributed by atoms with Crippen LogP contribution in [0.1, 0.15) is 46.0 Å². The molecule has 0 aromatic rings. The lowest BCUT2D eigenvalue weighted by Gasteiger charge is -2.27. The molecule has 10 nitrogen and oxygen atoms in total. The van der Waals surface area contributed by atoms with Crippen LogP contribution in [0.5, 0.6) is 0 Å². The Morgan fingerprint density at radius 2 is 1.59 bits per heavy atom. The van der Waals surface area contributed by atoms with Crippen LogP contribution < -0.4 is 27.4 Å². The maximum absolute atomic E-state index is 12.9. The number of allylic oxidation sites excluding steroid dienone is 2. The Bertz CT molecular complexity index is 710. The number of rotatable bonds is 14. The molecule has 0 heterocycles. The van der Waals surface area contributed by atoms with Crippen molar-refractivity contribution in [3.8, 4) is 0 Å².